The highest BCUT2D eigenvalue weighted by Gasteiger charge is 2.40. The largest absolute Gasteiger partial charge is 0.350 e. The highest BCUT2D eigenvalue weighted by atomic mass is 35.5. The fourth-order valence-corrected chi connectivity index (χ4v) is 3.61. The van der Waals surface area contributed by atoms with Gasteiger partial charge in [0.05, 0.1) is 11.3 Å². The quantitative estimate of drug-likeness (QED) is 0.473. The molecule has 1 heterocycles. The summed E-state index contributed by atoms with van der Waals surface area (Å²) in [4.78, 5) is 27.4. The van der Waals surface area contributed by atoms with Crippen LogP contribution in [0, 0.1) is 11.6 Å². The third kappa shape index (κ3) is 4.01. The first-order chi connectivity index (χ1) is 15.3. The predicted octanol–water partition coefficient (Wildman–Crippen LogP) is 6.14. The summed E-state index contributed by atoms with van der Waals surface area (Å²) in [7, 11) is 0. The topological polar surface area (TPSA) is 49.4 Å². The lowest BCUT2D eigenvalue weighted by Crippen LogP contribution is -2.32. The van der Waals surface area contributed by atoms with E-state index >= 15 is 0 Å². The van der Waals surface area contributed by atoms with Crippen molar-refractivity contribution in [3.8, 4) is 0 Å². The second-order valence-corrected chi connectivity index (χ2v) is 8.14. The smallest absolute Gasteiger partial charge is 0.282 e. The Morgan fingerprint density at radius 1 is 0.844 bits per heavy atom. The molecule has 0 bridgehead atoms. The SMILES string of the molecule is CC(C)c1ccc(NC2=C(c3ccc(Cl)cc3)C(=O)N(c3ccc(F)c(F)c3)C2=O)cc1. The lowest BCUT2D eigenvalue weighted by Gasteiger charge is -2.16. The number of anilines is 2. The van der Waals surface area contributed by atoms with Crippen molar-refractivity contribution < 1.29 is 18.4 Å². The Kier molecular flexibility index (Phi) is 5.80. The lowest BCUT2D eigenvalue weighted by atomic mass is 10.0. The van der Waals surface area contributed by atoms with Gasteiger partial charge in [-0.1, -0.05) is 49.7 Å². The monoisotopic (exact) mass is 452 g/mol. The molecule has 0 unspecified atom stereocenters. The second-order valence-electron chi connectivity index (χ2n) is 7.70. The molecular weight excluding hydrogens is 434 g/mol. The van der Waals surface area contributed by atoms with E-state index in [1.807, 2.05) is 24.3 Å². The van der Waals surface area contributed by atoms with E-state index in [2.05, 4.69) is 19.2 Å². The van der Waals surface area contributed by atoms with Crippen LogP contribution in [0.3, 0.4) is 0 Å². The van der Waals surface area contributed by atoms with E-state index in [0.29, 0.717) is 22.2 Å². The minimum Gasteiger partial charge on any atom is -0.350 e. The van der Waals surface area contributed by atoms with E-state index in [0.717, 1.165) is 22.6 Å². The summed E-state index contributed by atoms with van der Waals surface area (Å²) in [6, 6.07) is 16.9. The molecule has 2 amide bonds. The van der Waals surface area contributed by atoms with Gasteiger partial charge in [-0.3, -0.25) is 9.59 Å². The molecule has 0 spiro atoms. The van der Waals surface area contributed by atoms with E-state index in [1.54, 1.807) is 24.3 Å². The maximum Gasteiger partial charge on any atom is 0.282 e. The number of benzene rings is 3. The van der Waals surface area contributed by atoms with Crippen LogP contribution in [0.15, 0.2) is 72.4 Å². The van der Waals surface area contributed by atoms with Gasteiger partial charge >= 0.3 is 0 Å². The molecule has 4 rings (SSSR count). The molecule has 32 heavy (non-hydrogen) atoms. The van der Waals surface area contributed by atoms with Crippen LogP contribution in [-0.4, -0.2) is 11.8 Å². The van der Waals surface area contributed by atoms with E-state index in [1.165, 1.54) is 6.07 Å². The Bertz CT molecular complexity index is 1240. The molecule has 0 saturated heterocycles. The van der Waals surface area contributed by atoms with Crippen molar-refractivity contribution in [3.63, 3.8) is 0 Å². The summed E-state index contributed by atoms with van der Waals surface area (Å²) in [5.41, 5.74) is 2.31. The predicted molar refractivity (Wildman–Crippen MR) is 121 cm³/mol. The zero-order valence-electron chi connectivity index (χ0n) is 17.3. The molecule has 0 saturated carbocycles. The van der Waals surface area contributed by atoms with Crippen LogP contribution in [0.4, 0.5) is 20.2 Å². The van der Waals surface area contributed by atoms with E-state index in [-0.39, 0.29) is 17.0 Å². The van der Waals surface area contributed by atoms with Gasteiger partial charge in [-0.15, -0.1) is 0 Å². The van der Waals surface area contributed by atoms with Gasteiger partial charge in [0, 0.05) is 16.8 Å². The van der Waals surface area contributed by atoms with Gasteiger partial charge < -0.3 is 5.32 Å². The zero-order chi connectivity index (χ0) is 23.0. The first-order valence-corrected chi connectivity index (χ1v) is 10.3. The van der Waals surface area contributed by atoms with Crippen LogP contribution in [-0.2, 0) is 9.59 Å². The van der Waals surface area contributed by atoms with Crippen LogP contribution in [0.2, 0.25) is 5.02 Å². The van der Waals surface area contributed by atoms with Gasteiger partial charge in [0.2, 0.25) is 0 Å². The fraction of sp³-hybridized carbons (Fsp3) is 0.120. The molecule has 3 aromatic carbocycles. The maximum absolute atomic E-state index is 13.8. The van der Waals surface area contributed by atoms with Crippen molar-refractivity contribution in [2.75, 3.05) is 10.2 Å². The lowest BCUT2D eigenvalue weighted by molar-refractivity contribution is -0.120. The number of rotatable bonds is 5. The Hall–Kier alpha value is -3.51. The number of halogens is 3. The summed E-state index contributed by atoms with van der Waals surface area (Å²) in [6.07, 6.45) is 0. The van der Waals surface area contributed by atoms with Gasteiger partial charge in [0.15, 0.2) is 11.6 Å². The van der Waals surface area contributed by atoms with Gasteiger partial charge in [-0.25, -0.2) is 13.7 Å². The first-order valence-electron chi connectivity index (χ1n) is 9.97. The highest BCUT2D eigenvalue weighted by Crippen LogP contribution is 2.34. The van der Waals surface area contributed by atoms with E-state index in [4.69, 9.17) is 11.6 Å². The van der Waals surface area contributed by atoms with Crippen LogP contribution >= 0.6 is 11.6 Å². The molecule has 7 heteroatoms. The van der Waals surface area contributed by atoms with Crippen molar-refractivity contribution in [2.45, 2.75) is 19.8 Å². The molecule has 162 valence electrons. The minimum atomic E-state index is -1.15. The average Bonchev–Trinajstić information content (AvgIpc) is 3.01. The molecule has 0 radical (unpaired) electrons. The Morgan fingerprint density at radius 3 is 2.09 bits per heavy atom. The molecule has 3 aromatic rings. The zero-order valence-corrected chi connectivity index (χ0v) is 18.1. The first kappa shape index (κ1) is 21.7. The van der Waals surface area contributed by atoms with Crippen molar-refractivity contribution in [1.29, 1.82) is 0 Å². The van der Waals surface area contributed by atoms with Gasteiger partial charge in [-0.2, -0.15) is 0 Å². The van der Waals surface area contributed by atoms with Crippen LogP contribution in [0.25, 0.3) is 5.57 Å². The van der Waals surface area contributed by atoms with Crippen LogP contribution in [0.5, 0.6) is 0 Å². The Balaban J connectivity index is 1.78. The highest BCUT2D eigenvalue weighted by molar-refractivity contribution is 6.46. The average molecular weight is 453 g/mol. The molecule has 0 aliphatic carbocycles. The summed E-state index contributed by atoms with van der Waals surface area (Å²) in [5.74, 6) is -3.20. The number of imide groups is 1. The minimum absolute atomic E-state index is 0.0411. The number of hydrogen-bond donors (Lipinski definition) is 1. The van der Waals surface area contributed by atoms with Crippen molar-refractivity contribution in [1.82, 2.24) is 0 Å². The van der Waals surface area contributed by atoms with Crippen molar-refractivity contribution in [2.24, 2.45) is 0 Å². The van der Waals surface area contributed by atoms with Crippen molar-refractivity contribution >= 4 is 40.4 Å². The number of carbonyl (C=O) groups excluding carboxylic acids is 2. The second kappa shape index (κ2) is 8.55. The van der Waals surface area contributed by atoms with Gasteiger partial charge in [-0.05, 0) is 53.4 Å². The van der Waals surface area contributed by atoms with E-state index < -0.39 is 23.4 Å². The third-order valence-corrected chi connectivity index (χ3v) is 5.48. The van der Waals surface area contributed by atoms with Gasteiger partial charge in [0.1, 0.15) is 5.70 Å². The molecule has 0 aromatic heterocycles. The molecule has 0 fully saturated rings. The number of hydrogen-bond acceptors (Lipinski definition) is 3. The van der Waals surface area contributed by atoms with Crippen LogP contribution < -0.4 is 10.2 Å². The van der Waals surface area contributed by atoms with Crippen LogP contribution in [0.1, 0.15) is 30.9 Å². The maximum atomic E-state index is 13.8. The Labute approximate surface area is 189 Å². The van der Waals surface area contributed by atoms with Gasteiger partial charge in [0.25, 0.3) is 11.8 Å². The standard InChI is InChI=1S/C25H19ClF2N2O2/c1-14(2)15-5-9-18(10-6-15)29-23-22(16-3-7-17(26)8-4-16)24(31)30(25(23)32)19-11-12-20(27)21(28)13-19/h3-14,29H,1-2H3. The summed E-state index contributed by atoms with van der Waals surface area (Å²) < 4.78 is 27.2. The molecule has 4 nitrogen and oxygen atoms in total. The molecule has 1 aliphatic rings. The number of amides is 2. The third-order valence-electron chi connectivity index (χ3n) is 5.22. The Morgan fingerprint density at radius 2 is 1.50 bits per heavy atom. The summed E-state index contributed by atoms with van der Waals surface area (Å²) in [5, 5.41) is 3.52. The number of nitrogens with zero attached hydrogens (tertiary/aromatic N) is 1. The molecule has 1 aliphatic heterocycles. The summed E-state index contributed by atoms with van der Waals surface area (Å²) >= 11 is 5.98. The normalized spacial score (nSPS) is 14.0. The molecular formula is C25H19ClF2N2O2. The molecule has 0 atom stereocenters. The number of nitrogens with one attached hydrogen (secondary N) is 1. The molecule has 1 N–H and O–H groups in total. The number of carbonyl (C=O) groups is 2. The van der Waals surface area contributed by atoms with Crippen molar-refractivity contribution in [3.05, 3.63) is 100 Å². The summed E-state index contributed by atoms with van der Waals surface area (Å²) in [6.45, 7) is 4.14. The van der Waals surface area contributed by atoms with E-state index in [9.17, 15) is 18.4 Å². The fourth-order valence-electron chi connectivity index (χ4n) is 3.48.